The van der Waals surface area contributed by atoms with E-state index in [1.165, 1.54) is 14.0 Å². The standard InChI is InChI=1S/C22H29N3O5S/c1-15(25(31(6,28)29)16-11-13-17(30-5)14-12-16)20(26)23-19-10-8-7-9-18(19)21(27)24-22(2,3)4/h7-15H,1-6H3,(H,23,26)(H,24,27)/t15-/m0/s1. The molecule has 8 nitrogen and oxygen atoms in total. The molecule has 1 atom stereocenters. The Morgan fingerprint density at radius 2 is 1.61 bits per heavy atom. The van der Waals surface area contributed by atoms with Gasteiger partial charge >= 0.3 is 0 Å². The lowest BCUT2D eigenvalue weighted by atomic mass is 10.1. The molecule has 0 aliphatic carbocycles. The van der Waals surface area contributed by atoms with Crippen LogP contribution in [0.3, 0.4) is 0 Å². The lowest BCUT2D eigenvalue weighted by Crippen LogP contribution is -2.45. The Kier molecular flexibility index (Phi) is 7.32. The molecule has 9 heteroatoms. The van der Waals surface area contributed by atoms with Gasteiger partial charge in [-0.15, -0.1) is 0 Å². The normalized spacial score (nSPS) is 12.6. The van der Waals surface area contributed by atoms with E-state index in [4.69, 9.17) is 4.74 Å². The van der Waals surface area contributed by atoms with Crippen LogP contribution >= 0.6 is 0 Å². The number of ether oxygens (including phenoxy) is 1. The molecule has 0 radical (unpaired) electrons. The van der Waals surface area contributed by atoms with Gasteiger partial charge < -0.3 is 15.4 Å². The molecule has 31 heavy (non-hydrogen) atoms. The number of amides is 2. The predicted octanol–water partition coefficient (Wildman–Crippen LogP) is 3.02. The number of sulfonamides is 1. The van der Waals surface area contributed by atoms with Gasteiger partial charge in [0.15, 0.2) is 0 Å². The van der Waals surface area contributed by atoms with Crippen LogP contribution < -0.4 is 19.7 Å². The van der Waals surface area contributed by atoms with Crippen molar-refractivity contribution in [2.24, 2.45) is 0 Å². The van der Waals surface area contributed by atoms with E-state index in [0.717, 1.165) is 10.6 Å². The van der Waals surface area contributed by atoms with Crippen LogP contribution in [-0.4, -0.2) is 45.2 Å². The predicted molar refractivity (Wildman–Crippen MR) is 122 cm³/mol. The third-order valence-corrected chi connectivity index (χ3v) is 5.58. The van der Waals surface area contributed by atoms with E-state index < -0.39 is 27.5 Å². The molecule has 0 bridgehead atoms. The number of anilines is 2. The van der Waals surface area contributed by atoms with Crippen molar-refractivity contribution in [3.8, 4) is 5.75 Å². The Morgan fingerprint density at radius 3 is 2.13 bits per heavy atom. The highest BCUT2D eigenvalue weighted by Crippen LogP contribution is 2.25. The molecular weight excluding hydrogens is 418 g/mol. The average Bonchev–Trinajstić information content (AvgIpc) is 2.66. The van der Waals surface area contributed by atoms with Gasteiger partial charge in [0.05, 0.1) is 30.3 Å². The van der Waals surface area contributed by atoms with Crippen LogP contribution in [0.25, 0.3) is 0 Å². The van der Waals surface area contributed by atoms with E-state index in [1.54, 1.807) is 48.5 Å². The third kappa shape index (κ3) is 6.45. The largest absolute Gasteiger partial charge is 0.497 e. The van der Waals surface area contributed by atoms with Gasteiger partial charge in [-0.3, -0.25) is 13.9 Å². The first-order chi connectivity index (χ1) is 14.3. The van der Waals surface area contributed by atoms with Crippen molar-refractivity contribution in [3.05, 3.63) is 54.1 Å². The minimum absolute atomic E-state index is 0.285. The highest BCUT2D eigenvalue weighted by molar-refractivity contribution is 7.92. The fourth-order valence-corrected chi connectivity index (χ4v) is 4.15. The fraction of sp³-hybridized carbons (Fsp3) is 0.364. The summed E-state index contributed by atoms with van der Waals surface area (Å²) in [7, 11) is -2.27. The van der Waals surface area contributed by atoms with Gasteiger partial charge in [-0.1, -0.05) is 12.1 Å². The Hall–Kier alpha value is -3.07. The second kappa shape index (κ2) is 9.38. The number of para-hydroxylation sites is 1. The summed E-state index contributed by atoms with van der Waals surface area (Å²) in [5.41, 5.74) is 0.450. The second-order valence-electron chi connectivity index (χ2n) is 8.17. The molecule has 0 saturated heterocycles. The molecule has 168 valence electrons. The van der Waals surface area contributed by atoms with Gasteiger partial charge in [-0.05, 0) is 64.1 Å². The van der Waals surface area contributed by atoms with E-state index in [1.807, 2.05) is 20.8 Å². The summed E-state index contributed by atoms with van der Waals surface area (Å²) < 4.78 is 31.1. The van der Waals surface area contributed by atoms with Gasteiger partial charge in [-0.25, -0.2) is 8.42 Å². The highest BCUT2D eigenvalue weighted by Gasteiger charge is 2.30. The number of hydrogen-bond acceptors (Lipinski definition) is 5. The third-order valence-electron chi connectivity index (χ3n) is 4.33. The molecule has 0 aliphatic heterocycles. The SMILES string of the molecule is COc1ccc(N([C@@H](C)C(=O)Nc2ccccc2C(=O)NC(C)(C)C)S(C)(=O)=O)cc1. The van der Waals surface area contributed by atoms with Crippen LogP contribution in [0.4, 0.5) is 11.4 Å². The molecule has 2 rings (SSSR count). The monoisotopic (exact) mass is 447 g/mol. The van der Waals surface area contributed by atoms with Crippen molar-refractivity contribution in [1.29, 1.82) is 0 Å². The van der Waals surface area contributed by atoms with Gasteiger partial charge in [0.1, 0.15) is 11.8 Å². The van der Waals surface area contributed by atoms with Gasteiger partial charge in [0.2, 0.25) is 15.9 Å². The Balaban J connectivity index is 2.32. The van der Waals surface area contributed by atoms with Crippen LogP contribution in [-0.2, 0) is 14.8 Å². The van der Waals surface area contributed by atoms with Crippen molar-refractivity contribution < 1.29 is 22.7 Å². The van der Waals surface area contributed by atoms with Crippen molar-refractivity contribution in [3.63, 3.8) is 0 Å². The van der Waals surface area contributed by atoms with Crippen LogP contribution in [0, 0.1) is 0 Å². The van der Waals surface area contributed by atoms with Crippen LogP contribution in [0.1, 0.15) is 38.1 Å². The lowest BCUT2D eigenvalue weighted by molar-refractivity contribution is -0.116. The van der Waals surface area contributed by atoms with Crippen molar-refractivity contribution in [1.82, 2.24) is 5.32 Å². The van der Waals surface area contributed by atoms with Crippen molar-refractivity contribution >= 4 is 33.2 Å². The number of methoxy groups -OCH3 is 1. The summed E-state index contributed by atoms with van der Waals surface area (Å²) in [6.07, 6.45) is 1.03. The Labute approximate surface area is 183 Å². The Morgan fingerprint density at radius 1 is 1.03 bits per heavy atom. The second-order valence-corrected chi connectivity index (χ2v) is 10.0. The average molecular weight is 448 g/mol. The summed E-state index contributed by atoms with van der Waals surface area (Å²) in [5, 5.41) is 5.54. The minimum atomic E-state index is -3.77. The number of benzene rings is 2. The van der Waals surface area contributed by atoms with E-state index in [2.05, 4.69) is 10.6 Å². The molecule has 0 fully saturated rings. The molecule has 2 N–H and O–H groups in total. The molecule has 0 saturated carbocycles. The highest BCUT2D eigenvalue weighted by atomic mass is 32.2. The topological polar surface area (TPSA) is 105 Å². The molecule has 2 aromatic carbocycles. The quantitative estimate of drug-likeness (QED) is 0.679. The summed E-state index contributed by atoms with van der Waals surface area (Å²) >= 11 is 0. The maximum atomic E-state index is 13.0. The summed E-state index contributed by atoms with van der Waals surface area (Å²) in [6, 6.07) is 11.9. The molecule has 0 aromatic heterocycles. The smallest absolute Gasteiger partial charge is 0.253 e. The lowest BCUT2D eigenvalue weighted by Gasteiger charge is -2.28. The maximum Gasteiger partial charge on any atom is 0.253 e. The molecular formula is C22H29N3O5S. The van der Waals surface area contributed by atoms with Gasteiger partial charge in [0, 0.05) is 5.54 Å². The molecule has 2 amide bonds. The fourth-order valence-electron chi connectivity index (χ4n) is 2.97. The zero-order valence-electron chi connectivity index (χ0n) is 18.6. The first kappa shape index (κ1) is 24.2. The zero-order chi connectivity index (χ0) is 23.4. The summed E-state index contributed by atoms with van der Waals surface area (Å²) in [4.78, 5) is 25.6. The number of carbonyl (C=O) groups is 2. The summed E-state index contributed by atoms with van der Waals surface area (Å²) in [6.45, 7) is 7.05. The van der Waals surface area contributed by atoms with Crippen LogP contribution in [0.5, 0.6) is 5.75 Å². The molecule has 0 heterocycles. The van der Waals surface area contributed by atoms with Crippen LogP contribution in [0.2, 0.25) is 0 Å². The minimum Gasteiger partial charge on any atom is -0.497 e. The van der Waals surface area contributed by atoms with Crippen molar-refractivity contribution in [2.45, 2.75) is 39.3 Å². The van der Waals surface area contributed by atoms with Gasteiger partial charge in [0.25, 0.3) is 5.91 Å². The first-order valence-corrected chi connectivity index (χ1v) is 11.5. The molecule has 0 aliphatic rings. The van der Waals surface area contributed by atoms with Crippen molar-refractivity contribution in [2.75, 3.05) is 23.0 Å². The van der Waals surface area contributed by atoms with Crippen LogP contribution in [0.15, 0.2) is 48.5 Å². The first-order valence-electron chi connectivity index (χ1n) is 9.69. The number of rotatable bonds is 7. The van der Waals surface area contributed by atoms with E-state index in [9.17, 15) is 18.0 Å². The van der Waals surface area contributed by atoms with E-state index >= 15 is 0 Å². The van der Waals surface area contributed by atoms with E-state index in [-0.39, 0.29) is 11.5 Å². The van der Waals surface area contributed by atoms with E-state index in [0.29, 0.717) is 17.1 Å². The molecule has 0 spiro atoms. The zero-order valence-corrected chi connectivity index (χ0v) is 19.4. The Bertz CT molecular complexity index is 1040. The summed E-state index contributed by atoms with van der Waals surface area (Å²) in [5.74, 6) is -0.350. The number of carbonyl (C=O) groups excluding carboxylic acids is 2. The number of nitrogens with one attached hydrogen (secondary N) is 2. The molecule has 0 unspecified atom stereocenters. The maximum absolute atomic E-state index is 13.0. The number of hydrogen-bond donors (Lipinski definition) is 2. The number of nitrogens with zero attached hydrogens (tertiary/aromatic N) is 1. The van der Waals surface area contributed by atoms with Gasteiger partial charge in [-0.2, -0.15) is 0 Å². The molecule has 2 aromatic rings.